The number of benzene rings is 5. The molecule has 0 fully saturated rings. The van der Waals surface area contributed by atoms with E-state index in [1.165, 1.54) is 49.0 Å². The van der Waals surface area contributed by atoms with Gasteiger partial charge in [-0.05, 0) is 118 Å². The number of hydrogen-bond acceptors (Lipinski definition) is 12. The Kier molecular flexibility index (Phi) is 15.8. The number of rotatable bonds is 12. The summed E-state index contributed by atoms with van der Waals surface area (Å²) in [5, 5.41) is 4.44. The Labute approximate surface area is 370 Å². The highest BCUT2D eigenvalue weighted by molar-refractivity contribution is 7.90. The van der Waals surface area contributed by atoms with Crippen LogP contribution in [0.1, 0.15) is 28.5 Å². The van der Waals surface area contributed by atoms with Crippen molar-refractivity contribution < 1.29 is 47.9 Å². The molecule has 3 N–H and O–H groups in total. The summed E-state index contributed by atoms with van der Waals surface area (Å²) in [6, 6.07) is 32.4. The second-order valence-corrected chi connectivity index (χ2v) is 19.9. The van der Waals surface area contributed by atoms with Crippen molar-refractivity contribution in [3.8, 4) is 17.1 Å². The van der Waals surface area contributed by atoms with Gasteiger partial charge in [0.1, 0.15) is 51.7 Å². The summed E-state index contributed by atoms with van der Waals surface area (Å²) < 4.78 is 108. The molecule has 0 saturated heterocycles. The summed E-state index contributed by atoms with van der Waals surface area (Å²) in [5.41, 5.74) is 4.81. The molecule has 332 valence electrons. The van der Waals surface area contributed by atoms with Gasteiger partial charge in [0.05, 0.1) is 32.1 Å². The lowest BCUT2D eigenvalue weighted by molar-refractivity contribution is 0.281. The van der Waals surface area contributed by atoms with E-state index in [-0.39, 0.29) is 28.0 Å². The van der Waals surface area contributed by atoms with Crippen LogP contribution >= 0.6 is 11.6 Å². The first-order valence-electron chi connectivity index (χ1n) is 18.8. The van der Waals surface area contributed by atoms with Gasteiger partial charge in [0.2, 0.25) is 0 Å². The standard InChI is InChI=1S/C30H28ClFN4O4S.2C7H8O3S/c1-36(2)26(17-41(3,37)38)29-12-11-27(40-29)20-7-9-25-23(14-20)30(34-18-33-25)35-22-8-10-28(24(31)15-22)39-16-19-5-4-6-21(32)13-19;2*1-6-2-4-7(5-3-6)11(8,9)10/h4-15,18,26H,16-17H2,1-3H3,(H,33,34,35);2*2-5H,1H3,(H,8,9,10). The van der Waals surface area contributed by atoms with Gasteiger partial charge in [-0.3, -0.25) is 14.0 Å². The normalized spacial score (nSPS) is 12.2. The fraction of sp³-hybridized carbons (Fsp3) is 0.182. The van der Waals surface area contributed by atoms with E-state index >= 15 is 0 Å². The van der Waals surface area contributed by atoms with Gasteiger partial charge in [-0.2, -0.15) is 16.8 Å². The van der Waals surface area contributed by atoms with Crippen LogP contribution in [-0.4, -0.2) is 75.3 Å². The third-order valence-corrected chi connectivity index (χ3v) is 12.0. The molecule has 0 spiro atoms. The van der Waals surface area contributed by atoms with Crippen LogP contribution in [0.2, 0.25) is 5.02 Å². The zero-order valence-corrected chi connectivity index (χ0v) is 37.8. The van der Waals surface area contributed by atoms with E-state index in [2.05, 4.69) is 15.3 Å². The second-order valence-electron chi connectivity index (χ2n) is 14.5. The van der Waals surface area contributed by atoms with Gasteiger partial charge in [0.25, 0.3) is 20.2 Å². The third-order valence-electron chi connectivity index (χ3n) is 9.07. The number of anilines is 2. The number of nitrogens with one attached hydrogen (secondary N) is 1. The average Bonchev–Trinajstić information content (AvgIpc) is 3.70. The molecule has 7 rings (SSSR count). The number of nitrogens with zero attached hydrogens (tertiary/aromatic N) is 3. The second kappa shape index (κ2) is 20.6. The van der Waals surface area contributed by atoms with Crippen molar-refractivity contribution in [2.75, 3.05) is 31.4 Å². The molecule has 5 aromatic carbocycles. The van der Waals surface area contributed by atoms with Crippen LogP contribution in [0.4, 0.5) is 15.9 Å². The summed E-state index contributed by atoms with van der Waals surface area (Å²) in [6.45, 7) is 3.86. The molecular weight excluding hydrogens is 895 g/mol. The Balaban J connectivity index is 0.000000276. The Hall–Kier alpha value is -5.73. The minimum Gasteiger partial charge on any atom is -0.487 e. The third kappa shape index (κ3) is 14.4. The summed E-state index contributed by atoms with van der Waals surface area (Å²) in [7, 11) is -7.62. The van der Waals surface area contributed by atoms with Gasteiger partial charge in [-0.15, -0.1) is 0 Å². The van der Waals surface area contributed by atoms with Crippen LogP contribution < -0.4 is 10.1 Å². The summed E-state index contributed by atoms with van der Waals surface area (Å²) in [4.78, 5) is 10.5. The van der Waals surface area contributed by atoms with Crippen molar-refractivity contribution in [3.05, 3.63) is 161 Å². The van der Waals surface area contributed by atoms with Gasteiger partial charge in [0, 0.05) is 22.9 Å². The molecule has 7 aromatic rings. The molecule has 1 unspecified atom stereocenters. The Morgan fingerprint density at radius 2 is 1.40 bits per heavy atom. The van der Waals surface area contributed by atoms with Gasteiger partial charge in [-0.25, -0.2) is 22.8 Å². The molecule has 63 heavy (non-hydrogen) atoms. The van der Waals surface area contributed by atoms with E-state index in [0.29, 0.717) is 39.4 Å². The molecule has 1 atom stereocenters. The topological polar surface area (TPSA) is 206 Å². The highest BCUT2D eigenvalue weighted by Crippen LogP contribution is 2.34. The smallest absolute Gasteiger partial charge is 0.294 e. The number of furan rings is 1. The molecule has 14 nitrogen and oxygen atoms in total. The van der Waals surface area contributed by atoms with Crippen LogP contribution in [0.25, 0.3) is 22.2 Å². The molecule has 0 aliphatic rings. The molecule has 0 saturated carbocycles. The summed E-state index contributed by atoms with van der Waals surface area (Å²) in [6.07, 6.45) is 2.69. The number of aromatic nitrogens is 2. The zero-order chi connectivity index (χ0) is 46.1. The van der Waals surface area contributed by atoms with Gasteiger partial charge in [-0.1, -0.05) is 59.1 Å². The number of fused-ring (bicyclic) bond motifs is 1. The molecule has 0 aliphatic heterocycles. The van der Waals surface area contributed by atoms with Crippen LogP contribution in [0.15, 0.2) is 142 Å². The first-order valence-corrected chi connectivity index (χ1v) is 24.1. The van der Waals surface area contributed by atoms with Crippen molar-refractivity contribution >= 4 is 64.1 Å². The maximum absolute atomic E-state index is 13.5. The molecule has 2 heterocycles. The first-order chi connectivity index (χ1) is 29.6. The van der Waals surface area contributed by atoms with Crippen molar-refractivity contribution in [1.29, 1.82) is 0 Å². The Morgan fingerprint density at radius 3 is 1.94 bits per heavy atom. The van der Waals surface area contributed by atoms with Crippen LogP contribution in [0.5, 0.6) is 5.75 Å². The van der Waals surface area contributed by atoms with Crippen molar-refractivity contribution in [1.82, 2.24) is 14.9 Å². The number of halogens is 2. The van der Waals surface area contributed by atoms with Crippen molar-refractivity contribution in [3.63, 3.8) is 0 Å². The van der Waals surface area contributed by atoms with Crippen LogP contribution in [-0.2, 0) is 36.7 Å². The number of sulfone groups is 1. The maximum Gasteiger partial charge on any atom is 0.294 e. The van der Waals surface area contributed by atoms with Crippen LogP contribution in [0.3, 0.4) is 0 Å². The fourth-order valence-corrected chi connectivity index (χ4v) is 8.04. The van der Waals surface area contributed by atoms with E-state index in [9.17, 15) is 29.6 Å². The van der Waals surface area contributed by atoms with E-state index in [4.69, 9.17) is 29.9 Å². The molecule has 0 amide bonds. The van der Waals surface area contributed by atoms with Gasteiger partial charge < -0.3 is 14.5 Å². The lowest BCUT2D eigenvalue weighted by Crippen LogP contribution is -2.26. The van der Waals surface area contributed by atoms with Crippen molar-refractivity contribution in [2.24, 2.45) is 0 Å². The quantitative estimate of drug-likeness (QED) is 0.0978. The summed E-state index contributed by atoms with van der Waals surface area (Å²) in [5.74, 6) is 1.82. The molecule has 19 heteroatoms. The maximum atomic E-state index is 13.5. The largest absolute Gasteiger partial charge is 0.487 e. The molecular formula is C44H44ClFN4O10S3. The van der Waals surface area contributed by atoms with Crippen LogP contribution in [0, 0.1) is 19.7 Å². The molecule has 0 radical (unpaired) electrons. The SMILES string of the molecule is CN(C)C(CS(C)(=O)=O)c1ccc(-c2ccc3ncnc(Nc4ccc(OCc5cccc(F)c5)c(Cl)c4)c3c2)o1.Cc1ccc(S(=O)(=O)O)cc1.Cc1ccc(S(=O)(=O)O)cc1. The predicted molar refractivity (Wildman–Crippen MR) is 241 cm³/mol. The van der Waals surface area contributed by atoms with Crippen molar-refractivity contribution in [2.45, 2.75) is 36.3 Å². The van der Waals surface area contributed by atoms with E-state index in [1.54, 1.807) is 54.6 Å². The van der Waals surface area contributed by atoms with E-state index in [0.717, 1.165) is 27.6 Å². The first kappa shape index (κ1) is 48.3. The van der Waals surface area contributed by atoms with Gasteiger partial charge in [0.15, 0.2) is 0 Å². The highest BCUT2D eigenvalue weighted by atomic mass is 35.5. The molecule has 0 aliphatic carbocycles. The number of ether oxygens (including phenoxy) is 1. The minimum absolute atomic E-state index is 0.0518. The lowest BCUT2D eigenvalue weighted by atomic mass is 10.1. The lowest BCUT2D eigenvalue weighted by Gasteiger charge is -2.21. The van der Waals surface area contributed by atoms with E-state index < -0.39 is 36.1 Å². The average molecular weight is 940 g/mol. The Bertz CT molecular complexity index is 2950. The van der Waals surface area contributed by atoms with Gasteiger partial charge >= 0.3 is 0 Å². The number of hydrogen-bond donors (Lipinski definition) is 3. The minimum atomic E-state index is -4.02. The summed E-state index contributed by atoms with van der Waals surface area (Å²) >= 11 is 6.48. The fourth-order valence-electron chi connectivity index (χ4n) is 5.81. The number of aryl methyl sites for hydroxylation is 2. The Morgan fingerprint density at radius 1 is 0.778 bits per heavy atom. The highest BCUT2D eigenvalue weighted by Gasteiger charge is 2.23. The zero-order valence-electron chi connectivity index (χ0n) is 34.6. The van der Waals surface area contributed by atoms with E-state index in [1.807, 2.05) is 63.2 Å². The molecule has 2 aromatic heterocycles. The molecule has 0 bridgehead atoms. The predicted octanol–water partition coefficient (Wildman–Crippen LogP) is 9.14. The monoisotopic (exact) mass is 938 g/mol.